The summed E-state index contributed by atoms with van der Waals surface area (Å²) in [5.41, 5.74) is 1.99. The molecule has 2 N–H and O–H groups in total. The second-order valence-electron chi connectivity index (χ2n) is 3.65. The van der Waals surface area contributed by atoms with Crippen molar-refractivity contribution in [3.8, 4) is 0 Å². The highest BCUT2D eigenvalue weighted by atomic mass is 19.1. The van der Waals surface area contributed by atoms with Crippen molar-refractivity contribution in [3.63, 3.8) is 0 Å². The van der Waals surface area contributed by atoms with Crippen molar-refractivity contribution in [2.45, 2.75) is 6.42 Å². The first-order chi connectivity index (χ1) is 7.27. The van der Waals surface area contributed by atoms with E-state index in [0.29, 0.717) is 23.0 Å². The number of hydrogen-bond acceptors (Lipinski definition) is 1. The number of halogens is 1. The Balaban J connectivity index is 2.44. The molecule has 3 nitrogen and oxygen atoms in total. The minimum absolute atomic E-state index is 0.187. The van der Waals surface area contributed by atoms with Gasteiger partial charge in [-0.1, -0.05) is 6.07 Å². The Bertz CT molecular complexity index is 559. The summed E-state index contributed by atoms with van der Waals surface area (Å²) in [4.78, 5) is 14.7. The van der Waals surface area contributed by atoms with Crippen LogP contribution in [0.4, 0.5) is 4.39 Å². The zero-order chi connectivity index (χ0) is 10.4. The van der Waals surface area contributed by atoms with Crippen molar-refractivity contribution in [1.29, 1.82) is 0 Å². The molecule has 0 bridgehead atoms. The maximum absolute atomic E-state index is 13.6. The number of hydrogen-bond donors (Lipinski definition) is 2. The second-order valence-corrected chi connectivity index (χ2v) is 3.65. The van der Waals surface area contributed by atoms with Crippen LogP contribution in [0.3, 0.4) is 0 Å². The predicted molar refractivity (Wildman–Crippen MR) is 54.3 cm³/mol. The van der Waals surface area contributed by atoms with Gasteiger partial charge in [0, 0.05) is 29.6 Å². The van der Waals surface area contributed by atoms with Crippen molar-refractivity contribution in [2.24, 2.45) is 0 Å². The summed E-state index contributed by atoms with van der Waals surface area (Å²) in [6.07, 6.45) is 0.731. The van der Waals surface area contributed by atoms with Crippen LogP contribution in [0.25, 0.3) is 10.9 Å². The number of rotatable bonds is 0. The van der Waals surface area contributed by atoms with Gasteiger partial charge in [0.05, 0.1) is 5.56 Å². The normalized spacial score (nSPS) is 15.1. The highest BCUT2D eigenvalue weighted by molar-refractivity contribution is 6.09. The SMILES string of the molecule is O=C1NCCc2[nH]c3cccc(F)c3c21. The highest BCUT2D eigenvalue weighted by Crippen LogP contribution is 2.26. The van der Waals surface area contributed by atoms with Gasteiger partial charge in [-0.3, -0.25) is 4.79 Å². The predicted octanol–water partition coefficient (Wildman–Crippen LogP) is 1.59. The summed E-state index contributed by atoms with van der Waals surface area (Å²) in [5.74, 6) is -0.533. The molecule has 76 valence electrons. The standard InChI is InChI=1S/C11H9FN2O/c12-6-2-1-3-7-9(6)10-8(14-7)4-5-13-11(10)15/h1-3,14H,4-5H2,(H,13,15). The number of H-pyrrole nitrogens is 1. The molecule has 1 aromatic carbocycles. The Morgan fingerprint density at radius 1 is 1.33 bits per heavy atom. The van der Waals surface area contributed by atoms with E-state index in [0.717, 1.165) is 12.1 Å². The molecular weight excluding hydrogens is 195 g/mol. The van der Waals surface area contributed by atoms with Crippen LogP contribution in [0, 0.1) is 5.82 Å². The molecule has 1 amide bonds. The molecule has 2 aromatic rings. The molecule has 2 heterocycles. The quantitative estimate of drug-likeness (QED) is 0.672. The zero-order valence-corrected chi connectivity index (χ0v) is 7.93. The monoisotopic (exact) mass is 204 g/mol. The lowest BCUT2D eigenvalue weighted by Gasteiger charge is -2.12. The molecule has 0 radical (unpaired) electrons. The number of amides is 1. The summed E-state index contributed by atoms with van der Waals surface area (Å²) in [5, 5.41) is 3.13. The van der Waals surface area contributed by atoms with Crippen LogP contribution in [0.1, 0.15) is 16.1 Å². The third-order valence-electron chi connectivity index (χ3n) is 2.74. The molecule has 0 spiro atoms. The van der Waals surface area contributed by atoms with Crippen LogP contribution >= 0.6 is 0 Å². The lowest BCUT2D eigenvalue weighted by molar-refractivity contribution is 0.0947. The summed E-state index contributed by atoms with van der Waals surface area (Å²) in [6.45, 7) is 0.611. The molecule has 1 aliphatic heterocycles. The Hall–Kier alpha value is -1.84. The van der Waals surface area contributed by atoms with Gasteiger partial charge >= 0.3 is 0 Å². The van der Waals surface area contributed by atoms with Crippen molar-refractivity contribution in [2.75, 3.05) is 6.54 Å². The first-order valence-corrected chi connectivity index (χ1v) is 4.84. The summed E-state index contributed by atoms with van der Waals surface area (Å²) >= 11 is 0. The maximum atomic E-state index is 13.6. The number of nitrogens with one attached hydrogen (secondary N) is 2. The molecule has 1 aliphatic rings. The highest BCUT2D eigenvalue weighted by Gasteiger charge is 2.23. The number of aromatic amines is 1. The Morgan fingerprint density at radius 2 is 2.20 bits per heavy atom. The van der Waals surface area contributed by atoms with Gasteiger partial charge in [-0.15, -0.1) is 0 Å². The van der Waals surface area contributed by atoms with Gasteiger partial charge in [0.1, 0.15) is 5.82 Å². The van der Waals surface area contributed by atoms with E-state index in [1.165, 1.54) is 6.07 Å². The molecular formula is C11H9FN2O. The molecule has 0 atom stereocenters. The molecule has 4 heteroatoms. The van der Waals surface area contributed by atoms with Gasteiger partial charge < -0.3 is 10.3 Å². The van der Waals surface area contributed by atoms with Crippen LogP contribution in [-0.4, -0.2) is 17.4 Å². The third kappa shape index (κ3) is 1.08. The van der Waals surface area contributed by atoms with E-state index in [1.54, 1.807) is 12.1 Å². The van der Waals surface area contributed by atoms with Gasteiger partial charge in [-0.2, -0.15) is 0 Å². The van der Waals surface area contributed by atoms with Crippen molar-refractivity contribution < 1.29 is 9.18 Å². The lowest BCUT2D eigenvalue weighted by Crippen LogP contribution is -2.31. The first-order valence-electron chi connectivity index (χ1n) is 4.84. The van der Waals surface area contributed by atoms with Crippen molar-refractivity contribution in [3.05, 3.63) is 35.3 Å². The van der Waals surface area contributed by atoms with Crippen molar-refractivity contribution in [1.82, 2.24) is 10.3 Å². The largest absolute Gasteiger partial charge is 0.358 e. The van der Waals surface area contributed by atoms with E-state index < -0.39 is 0 Å². The van der Waals surface area contributed by atoms with Gasteiger partial charge in [0.15, 0.2) is 0 Å². The van der Waals surface area contributed by atoms with Gasteiger partial charge in [-0.25, -0.2) is 4.39 Å². The fourth-order valence-corrected chi connectivity index (χ4v) is 2.09. The Labute approximate surface area is 85.3 Å². The van der Waals surface area contributed by atoms with Gasteiger partial charge in [-0.05, 0) is 12.1 Å². The summed E-state index contributed by atoms with van der Waals surface area (Å²) < 4.78 is 13.6. The molecule has 15 heavy (non-hydrogen) atoms. The van der Waals surface area contributed by atoms with Crippen LogP contribution in [0.5, 0.6) is 0 Å². The second kappa shape index (κ2) is 2.82. The minimum Gasteiger partial charge on any atom is -0.358 e. The molecule has 1 aromatic heterocycles. The van der Waals surface area contributed by atoms with E-state index in [9.17, 15) is 9.18 Å². The summed E-state index contributed by atoms with van der Waals surface area (Å²) in [6, 6.07) is 4.79. The fourth-order valence-electron chi connectivity index (χ4n) is 2.09. The molecule has 0 saturated heterocycles. The molecule has 0 unspecified atom stereocenters. The van der Waals surface area contributed by atoms with Gasteiger partial charge in [0.25, 0.3) is 5.91 Å². The van der Waals surface area contributed by atoms with E-state index in [4.69, 9.17) is 0 Å². The lowest BCUT2D eigenvalue weighted by atomic mass is 10.1. The molecule has 0 fully saturated rings. The maximum Gasteiger partial charge on any atom is 0.253 e. The number of benzene rings is 1. The topological polar surface area (TPSA) is 44.9 Å². The fraction of sp³-hybridized carbons (Fsp3) is 0.182. The number of carbonyl (C=O) groups is 1. The molecule has 0 saturated carbocycles. The summed E-state index contributed by atoms with van der Waals surface area (Å²) in [7, 11) is 0. The van der Waals surface area contributed by atoms with Crippen molar-refractivity contribution >= 4 is 16.8 Å². The molecule has 0 aliphatic carbocycles. The van der Waals surface area contributed by atoms with Gasteiger partial charge in [0.2, 0.25) is 0 Å². The van der Waals surface area contributed by atoms with Crippen LogP contribution in [0.2, 0.25) is 0 Å². The smallest absolute Gasteiger partial charge is 0.253 e. The van der Waals surface area contributed by atoms with E-state index in [1.807, 2.05) is 0 Å². The minimum atomic E-state index is -0.345. The van der Waals surface area contributed by atoms with Crippen LogP contribution in [-0.2, 0) is 6.42 Å². The third-order valence-corrected chi connectivity index (χ3v) is 2.74. The van der Waals surface area contributed by atoms with Crippen LogP contribution in [0.15, 0.2) is 18.2 Å². The molecule has 3 rings (SSSR count). The average molecular weight is 204 g/mol. The number of aromatic nitrogens is 1. The van der Waals surface area contributed by atoms with Crippen LogP contribution < -0.4 is 5.32 Å². The zero-order valence-electron chi connectivity index (χ0n) is 7.93. The first kappa shape index (κ1) is 8.47. The average Bonchev–Trinajstić information content (AvgIpc) is 2.58. The van der Waals surface area contributed by atoms with E-state index in [2.05, 4.69) is 10.3 Å². The number of carbonyl (C=O) groups excluding carboxylic acids is 1. The van der Waals surface area contributed by atoms with E-state index in [-0.39, 0.29) is 11.7 Å². The number of fused-ring (bicyclic) bond motifs is 3. The van der Waals surface area contributed by atoms with E-state index >= 15 is 0 Å². The Morgan fingerprint density at radius 3 is 3.07 bits per heavy atom. The Kier molecular flexibility index (Phi) is 1.59.